The standard InChI is InChI=1S/C30H28Cl2N2O5/c1-37-30(36)20-9-7-16-11-17(8-10-19(16)20)34-18-12-21(29(34)35)25(13-18)38-14-22-27(33-39-28(22)15-5-6-15)26-23(31)3-2-4-24(26)32/h2-4,8,10-11,15,18,20-21,25H,5-7,9,12-14H2,1H3/t18-,20?,21+,25+/m0/s1. The fourth-order valence-electron chi connectivity index (χ4n) is 6.70. The van der Waals surface area contributed by atoms with Gasteiger partial charge in [-0.1, -0.05) is 40.5 Å². The first-order valence-corrected chi connectivity index (χ1v) is 14.3. The summed E-state index contributed by atoms with van der Waals surface area (Å²) in [5.74, 6) is 0.660. The lowest BCUT2D eigenvalue weighted by Gasteiger charge is -2.32. The van der Waals surface area contributed by atoms with Gasteiger partial charge in [-0.05, 0) is 73.9 Å². The summed E-state index contributed by atoms with van der Waals surface area (Å²) >= 11 is 13.0. The predicted molar refractivity (Wildman–Crippen MR) is 146 cm³/mol. The van der Waals surface area contributed by atoms with Crippen LogP contribution in [0.15, 0.2) is 40.9 Å². The van der Waals surface area contributed by atoms with Crippen molar-refractivity contribution in [3.8, 4) is 11.3 Å². The molecule has 0 radical (unpaired) electrons. The topological polar surface area (TPSA) is 81.9 Å². The van der Waals surface area contributed by atoms with Crippen LogP contribution in [0, 0.1) is 5.92 Å². The molecule has 202 valence electrons. The number of aryl methyl sites for hydroxylation is 1. The molecule has 7 nitrogen and oxygen atoms in total. The zero-order valence-electron chi connectivity index (χ0n) is 21.5. The Hall–Kier alpha value is -2.87. The number of esters is 1. The smallest absolute Gasteiger partial charge is 0.313 e. The second kappa shape index (κ2) is 9.65. The van der Waals surface area contributed by atoms with Gasteiger partial charge in [-0.15, -0.1) is 0 Å². The molecular weight excluding hydrogens is 539 g/mol. The van der Waals surface area contributed by atoms with Gasteiger partial charge in [0.2, 0.25) is 5.91 Å². The number of ether oxygens (including phenoxy) is 2. The van der Waals surface area contributed by atoms with Crippen LogP contribution in [0.25, 0.3) is 11.3 Å². The summed E-state index contributed by atoms with van der Waals surface area (Å²) in [5, 5.41) is 5.37. The fourth-order valence-corrected chi connectivity index (χ4v) is 7.28. The molecule has 9 heteroatoms. The van der Waals surface area contributed by atoms with E-state index >= 15 is 0 Å². The van der Waals surface area contributed by atoms with Crippen LogP contribution in [0.3, 0.4) is 0 Å². The van der Waals surface area contributed by atoms with E-state index in [-0.39, 0.29) is 35.9 Å². The van der Waals surface area contributed by atoms with E-state index in [1.165, 1.54) is 7.11 Å². The van der Waals surface area contributed by atoms with Gasteiger partial charge in [0.05, 0.1) is 41.7 Å². The number of fused-ring (bicyclic) bond motifs is 3. The van der Waals surface area contributed by atoms with Crippen molar-refractivity contribution in [1.82, 2.24) is 5.16 Å². The Bertz CT molecular complexity index is 1460. The van der Waals surface area contributed by atoms with Gasteiger partial charge in [-0.25, -0.2) is 0 Å². The molecule has 4 atom stereocenters. The molecule has 1 amide bonds. The fraction of sp³-hybridized carbons (Fsp3) is 0.433. The first-order valence-electron chi connectivity index (χ1n) is 13.5. The number of amides is 1. The summed E-state index contributed by atoms with van der Waals surface area (Å²) in [4.78, 5) is 27.6. The van der Waals surface area contributed by atoms with Crippen LogP contribution in [0.2, 0.25) is 10.0 Å². The van der Waals surface area contributed by atoms with Crippen molar-refractivity contribution in [3.05, 3.63) is 68.9 Å². The molecule has 0 spiro atoms. The maximum absolute atomic E-state index is 13.5. The van der Waals surface area contributed by atoms with E-state index in [1.54, 1.807) is 18.2 Å². The van der Waals surface area contributed by atoms with E-state index in [4.69, 9.17) is 37.2 Å². The van der Waals surface area contributed by atoms with Gasteiger partial charge in [-0.3, -0.25) is 9.59 Å². The van der Waals surface area contributed by atoms with Gasteiger partial charge < -0.3 is 18.9 Å². The minimum absolute atomic E-state index is 0.0891. The molecule has 2 saturated carbocycles. The minimum Gasteiger partial charge on any atom is -0.469 e. The number of aromatic nitrogens is 1. The van der Waals surface area contributed by atoms with E-state index in [1.807, 2.05) is 17.0 Å². The number of rotatable bonds is 7. The predicted octanol–water partition coefficient (Wildman–Crippen LogP) is 6.44. The Morgan fingerprint density at radius 3 is 2.64 bits per heavy atom. The van der Waals surface area contributed by atoms with Crippen LogP contribution in [-0.2, 0) is 32.1 Å². The Morgan fingerprint density at radius 1 is 1.13 bits per heavy atom. The van der Waals surface area contributed by atoms with Crippen molar-refractivity contribution in [1.29, 1.82) is 0 Å². The van der Waals surface area contributed by atoms with Crippen molar-refractivity contribution >= 4 is 40.8 Å². The van der Waals surface area contributed by atoms with Crippen LogP contribution in [0.1, 0.15) is 66.4 Å². The van der Waals surface area contributed by atoms with E-state index in [9.17, 15) is 9.59 Å². The van der Waals surface area contributed by atoms with Crippen LogP contribution in [0.4, 0.5) is 5.69 Å². The first kappa shape index (κ1) is 25.1. The average molecular weight is 567 g/mol. The zero-order chi connectivity index (χ0) is 26.8. The van der Waals surface area contributed by atoms with Gasteiger partial charge in [-0.2, -0.15) is 0 Å². The van der Waals surface area contributed by atoms with Crippen molar-refractivity contribution in [3.63, 3.8) is 0 Å². The van der Waals surface area contributed by atoms with Gasteiger partial charge in [0.25, 0.3) is 0 Å². The third kappa shape index (κ3) is 4.17. The van der Waals surface area contributed by atoms with Crippen LogP contribution < -0.4 is 4.90 Å². The summed E-state index contributed by atoms with van der Waals surface area (Å²) < 4.78 is 17.2. The van der Waals surface area contributed by atoms with Crippen molar-refractivity contribution in [2.75, 3.05) is 12.0 Å². The quantitative estimate of drug-likeness (QED) is 0.306. The molecule has 3 aromatic rings. The lowest BCUT2D eigenvalue weighted by atomic mass is 10.00. The third-order valence-electron chi connectivity index (χ3n) is 8.78. The van der Waals surface area contributed by atoms with Gasteiger partial charge in [0.15, 0.2) is 0 Å². The van der Waals surface area contributed by atoms with Crippen molar-refractivity contribution in [2.45, 2.75) is 69.1 Å². The molecule has 3 fully saturated rings. The number of halogens is 2. The zero-order valence-corrected chi connectivity index (χ0v) is 23.0. The third-order valence-corrected chi connectivity index (χ3v) is 9.41. The Balaban J connectivity index is 1.09. The molecule has 1 unspecified atom stereocenters. The van der Waals surface area contributed by atoms with Gasteiger partial charge in [0, 0.05) is 28.8 Å². The summed E-state index contributed by atoms with van der Waals surface area (Å²) in [7, 11) is 1.43. The molecule has 39 heavy (non-hydrogen) atoms. The second-order valence-corrected chi connectivity index (χ2v) is 11.8. The number of methoxy groups -OCH3 is 1. The van der Waals surface area contributed by atoms with Crippen LogP contribution >= 0.6 is 23.2 Å². The largest absolute Gasteiger partial charge is 0.469 e. The highest BCUT2D eigenvalue weighted by Crippen LogP contribution is 2.48. The number of hydrogen-bond donors (Lipinski definition) is 0. The Morgan fingerprint density at radius 2 is 1.92 bits per heavy atom. The molecule has 2 heterocycles. The number of piperidine rings is 1. The number of carbonyl (C=O) groups is 2. The summed E-state index contributed by atoms with van der Waals surface area (Å²) in [6, 6.07) is 11.5. The molecule has 2 aromatic carbocycles. The number of carbonyl (C=O) groups excluding carboxylic acids is 2. The molecule has 7 rings (SSSR count). The highest BCUT2D eigenvalue weighted by atomic mass is 35.5. The van der Waals surface area contributed by atoms with Gasteiger partial charge in [0.1, 0.15) is 11.5 Å². The Labute approximate surface area is 236 Å². The summed E-state index contributed by atoms with van der Waals surface area (Å²) in [5.41, 5.74) is 5.18. The highest BCUT2D eigenvalue weighted by Gasteiger charge is 2.52. The maximum atomic E-state index is 13.5. The van der Waals surface area contributed by atoms with Crippen LogP contribution in [-0.4, -0.2) is 36.3 Å². The van der Waals surface area contributed by atoms with E-state index in [0.717, 1.165) is 66.7 Å². The lowest BCUT2D eigenvalue weighted by molar-refractivity contribution is -0.142. The summed E-state index contributed by atoms with van der Waals surface area (Å²) in [6.07, 6.45) is 5.03. The molecular formula is C30H28Cl2N2O5. The maximum Gasteiger partial charge on any atom is 0.313 e. The van der Waals surface area contributed by atoms with E-state index in [0.29, 0.717) is 33.8 Å². The van der Waals surface area contributed by atoms with Crippen LogP contribution in [0.5, 0.6) is 0 Å². The number of benzene rings is 2. The number of nitrogens with zero attached hydrogens (tertiary/aromatic N) is 2. The van der Waals surface area contributed by atoms with Crippen molar-refractivity contribution in [2.24, 2.45) is 5.92 Å². The van der Waals surface area contributed by atoms with Gasteiger partial charge >= 0.3 is 5.97 Å². The SMILES string of the molecule is COC(=O)C1CCc2cc(N3C(=O)[C@@H]4C[C@H]3C[C@H]4OCc3c(-c4c(Cl)cccc4Cl)noc3C3CC3)ccc21. The summed E-state index contributed by atoms with van der Waals surface area (Å²) in [6.45, 7) is 0.293. The Kier molecular flexibility index (Phi) is 6.21. The monoisotopic (exact) mass is 566 g/mol. The number of hydrogen-bond acceptors (Lipinski definition) is 6. The molecule has 1 aliphatic heterocycles. The molecule has 0 N–H and O–H groups in total. The van der Waals surface area contributed by atoms with E-state index < -0.39 is 0 Å². The molecule has 2 bridgehead atoms. The van der Waals surface area contributed by atoms with E-state index in [2.05, 4.69) is 11.2 Å². The number of anilines is 1. The second-order valence-electron chi connectivity index (χ2n) is 11.0. The average Bonchev–Trinajstić information content (AvgIpc) is 3.23. The first-order chi connectivity index (χ1) is 18.9. The minimum atomic E-state index is -0.217. The normalized spacial score (nSPS) is 25.4. The molecule has 1 aromatic heterocycles. The molecule has 4 aliphatic rings. The molecule has 1 saturated heterocycles. The van der Waals surface area contributed by atoms with Crippen molar-refractivity contribution < 1.29 is 23.6 Å². The lowest BCUT2D eigenvalue weighted by Crippen LogP contribution is -2.43. The molecule has 3 aliphatic carbocycles. The highest BCUT2D eigenvalue weighted by molar-refractivity contribution is 6.39.